The zero-order valence-electron chi connectivity index (χ0n) is 17.8. The normalized spacial score (nSPS) is 15.8. The molecule has 7 heteroatoms. The van der Waals surface area contributed by atoms with E-state index in [-0.39, 0.29) is 12.5 Å². The molecule has 6 nitrogen and oxygen atoms in total. The number of nitrogens with one attached hydrogen (secondary N) is 1. The van der Waals surface area contributed by atoms with Crippen LogP contribution in [0.5, 0.6) is 0 Å². The van der Waals surface area contributed by atoms with Crippen molar-refractivity contribution in [2.75, 3.05) is 38.0 Å². The van der Waals surface area contributed by atoms with Gasteiger partial charge in [0.1, 0.15) is 0 Å². The maximum atomic E-state index is 13.1. The molecule has 1 heterocycles. The summed E-state index contributed by atoms with van der Waals surface area (Å²) >= 11 is 0. The molecule has 1 fully saturated rings. The second kappa shape index (κ2) is 8.78. The lowest BCUT2D eigenvalue weighted by atomic mass is 10.1. The van der Waals surface area contributed by atoms with Gasteiger partial charge in [0.05, 0.1) is 11.4 Å². The number of benzene rings is 3. The van der Waals surface area contributed by atoms with Crippen molar-refractivity contribution in [1.82, 2.24) is 9.21 Å². The van der Waals surface area contributed by atoms with Crippen LogP contribution in [0.25, 0.3) is 10.8 Å². The third-order valence-electron chi connectivity index (χ3n) is 5.56. The second-order valence-electron chi connectivity index (χ2n) is 8.11. The molecule has 1 aliphatic heterocycles. The quantitative estimate of drug-likeness (QED) is 0.664. The fourth-order valence-corrected chi connectivity index (χ4v) is 5.51. The van der Waals surface area contributed by atoms with Gasteiger partial charge in [0.15, 0.2) is 0 Å². The third-order valence-corrected chi connectivity index (χ3v) is 7.46. The zero-order chi connectivity index (χ0) is 22.0. The Morgan fingerprint density at radius 1 is 0.871 bits per heavy atom. The van der Waals surface area contributed by atoms with Crippen LogP contribution in [0.15, 0.2) is 65.6 Å². The van der Waals surface area contributed by atoms with Crippen LogP contribution in [0.4, 0.5) is 5.69 Å². The second-order valence-corrected chi connectivity index (χ2v) is 10.1. The number of fused-ring (bicyclic) bond motifs is 1. The Labute approximate surface area is 183 Å². The molecule has 3 aromatic rings. The summed E-state index contributed by atoms with van der Waals surface area (Å²) in [6.07, 6.45) is 0. The number of nitrogens with zero attached hydrogens (tertiary/aromatic N) is 2. The highest BCUT2D eigenvalue weighted by atomic mass is 32.2. The Hall–Kier alpha value is -2.74. The first kappa shape index (κ1) is 21.5. The van der Waals surface area contributed by atoms with Gasteiger partial charge in [-0.15, -0.1) is 0 Å². The summed E-state index contributed by atoms with van der Waals surface area (Å²) in [6.45, 7) is 6.02. The van der Waals surface area contributed by atoms with Crippen molar-refractivity contribution in [3.05, 3.63) is 71.8 Å². The molecular weight excluding hydrogens is 410 g/mol. The van der Waals surface area contributed by atoms with Crippen LogP contribution in [0.3, 0.4) is 0 Å². The number of piperazine rings is 1. The van der Waals surface area contributed by atoms with Crippen molar-refractivity contribution in [3.63, 3.8) is 0 Å². The molecule has 0 spiro atoms. The van der Waals surface area contributed by atoms with E-state index in [1.54, 1.807) is 12.1 Å². The van der Waals surface area contributed by atoms with E-state index < -0.39 is 10.0 Å². The summed E-state index contributed by atoms with van der Waals surface area (Å²) in [5.41, 5.74) is 2.99. The maximum absolute atomic E-state index is 13.1. The number of hydrogen-bond donors (Lipinski definition) is 1. The Balaban J connectivity index is 1.36. The summed E-state index contributed by atoms with van der Waals surface area (Å²) < 4.78 is 27.7. The standard InChI is InChI=1S/C24H27N3O3S/c1-18-13-19(2)15-22(14-18)25-24(28)17-26-9-11-27(12-10-26)31(29,30)23-8-7-20-5-3-4-6-21(20)16-23/h3-8,13-16H,9-12,17H2,1-2H3,(H,25,28). The molecule has 162 valence electrons. The lowest BCUT2D eigenvalue weighted by Gasteiger charge is -2.33. The van der Waals surface area contributed by atoms with Gasteiger partial charge in [-0.1, -0.05) is 36.4 Å². The van der Waals surface area contributed by atoms with Gasteiger partial charge >= 0.3 is 0 Å². The molecule has 0 saturated carbocycles. The van der Waals surface area contributed by atoms with Gasteiger partial charge in [-0.05, 0) is 60.0 Å². The smallest absolute Gasteiger partial charge is 0.243 e. The maximum Gasteiger partial charge on any atom is 0.243 e. The van der Waals surface area contributed by atoms with Gasteiger partial charge < -0.3 is 5.32 Å². The fourth-order valence-electron chi connectivity index (χ4n) is 4.06. The molecule has 0 radical (unpaired) electrons. The molecule has 1 aliphatic rings. The van der Waals surface area contributed by atoms with Crippen LogP contribution in [0.1, 0.15) is 11.1 Å². The average molecular weight is 438 g/mol. The van der Waals surface area contributed by atoms with E-state index in [2.05, 4.69) is 11.4 Å². The highest BCUT2D eigenvalue weighted by Gasteiger charge is 2.29. The summed E-state index contributed by atoms with van der Waals surface area (Å²) in [6, 6.07) is 18.9. The van der Waals surface area contributed by atoms with E-state index >= 15 is 0 Å². The van der Waals surface area contributed by atoms with E-state index in [9.17, 15) is 13.2 Å². The van der Waals surface area contributed by atoms with E-state index in [1.807, 2.05) is 61.2 Å². The molecule has 1 saturated heterocycles. The predicted octanol–water partition coefficient (Wildman–Crippen LogP) is 3.40. The van der Waals surface area contributed by atoms with Crippen molar-refractivity contribution >= 4 is 32.4 Å². The van der Waals surface area contributed by atoms with Gasteiger partial charge in [-0.3, -0.25) is 9.69 Å². The SMILES string of the molecule is Cc1cc(C)cc(NC(=O)CN2CCN(S(=O)(=O)c3ccc4ccccc4c3)CC2)c1. The minimum atomic E-state index is -3.56. The van der Waals surface area contributed by atoms with Gasteiger partial charge in [-0.2, -0.15) is 4.31 Å². The van der Waals surface area contributed by atoms with E-state index in [0.29, 0.717) is 31.1 Å². The van der Waals surface area contributed by atoms with Crippen LogP contribution in [0.2, 0.25) is 0 Å². The number of sulfonamides is 1. The molecule has 0 unspecified atom stereocenters. The predicted molar refractivity (Wildman–Crippen MR) is 124 cm³/mol. The molecule has 0 aliphatic carbocycles. The van der Waals surface area contributed by atoms with Crippen molar-refractivity contribution in [2.24, 2.45) is 0 Å². The number of carbonyl (C=O) groups is 1. The molecule has 4 rings (SSSR count). The number of anilines is 1. The summed E-state index contributed by atoms with van der Waals surface area (Å²) in [4.78, 5) is 14.7. The molecular formula is C24H27N3O3S. The van der Waals surface area contributed by atoms with Gasteiger partial charge in [0.2, 0.25) is 15.9 Å². The van der Waals surface area contributed by atoms with Crippen molar-refractivity contribution in [2.45, 2.75) is 18.7 Å². The van der Waals surface area contributed by atoms with Crippen molar-refractivity contribution in [1.29, 1.82) is 0 Å². The molecule has 0 aromatic heterocycles. The van der Waals surface area contributed by atoms with Gasteiger partial charge in [0, 0.05) is 31.9 Å². The molecule has 1 amide bonds. The number of amides is 1. The third kappa shape index (κ3) is 4.95. The number of carbonyl (C=O) groups excluding carboxylic acids is 1. The lowest BCUT2D eigenvalue weighted by molar-refractivity contribution is -0.117. The first-order valence-corrected chi connectivity index (χ1v) is 11.8. The van der Waals surface area contributed by atoms with E-state index in [0.717, 1.165) is 27.6 Å². The average Bonchev–Trinajstić information content (AvgIpc) is 2.73. The molecule has 0 bridgehead atoms. The van der Waals surface area contributed by atoms with E-state index in [1.165, 1.54) is 4.31 Å². The highest BCUT2D eigenvalue weighted by molar-refractivity contribution is 7.89. The first-order chi connectivity index (χ1) is 14.8. The zero-order valence-corrected chi connectivity index (χ0v) is 18.7. The fraction of sp³-hybridized carbons (Fsp3) is 0.292. The topological polar surface area (TPSA) is 69.7 Å². The number of hydrogen-bond acceptors (Lipinski definition) is 4. The summed E-state index contributed by atoms with van der Waals surface area (Å²) in [5, 5.41) is 4.87. The van der Waals surface area contributed by atoms with Gasteiger partial charge in [0.25, 0.3) is 0 Å². The van der Waals surface area contributed by atoms with Crippen LogP contribution in [-0.4, -0.2) is 56.3 Å². The van der Waals surface area contributed by atoms with Crippen LogP contribution in [-0.2, 0) is 14.8 Å². The molecule has 31 heavy (non-hydrogen) atoms. The molecule has 0 atom stereocenters. The Morgan fingerprint density at radius 2 is 1.52 bits per heavy atom. The van der Waals surface area contributed by atoms with Crippen LogP contribution in [0, 0.1) is 13.8 Å². The monoisotopic (exact) mass is 437 g/mol. The first-order valence-electron chi connectivity index (χ1n) is 10.4. The summed E-state index contributed by atoms with van der Waals surface area (Å²) in [7, 11) is -3.56. The minimum absolute atomic E-state index is 0.0872. The Bertz CT molecular complexity index is 1200. The Kier molecular flexibility index (Phi) is 6.09. The van der Waals surface area contributed by atoms with Crippen molar-refractivity contribution < 1.29 is 13.2 Å². The van der Waals surface area contributed by atoms with E-state index in [4.69, 9.17) is 0 Å². The lowest BCUT2D eigenvalue weighted by Crippen LogP contribution is -2.50. The molecule has 3 aromatic carbocycles. The number of rotatable bonds is 5. The Morgan fingerprint density at radius 3 is 2.19 bits per heavy atom. The van der Waals surface area contributed by atoms with Crippen LogP contribution < -0.4 is 5.32 Å². The highest BCUT2D eigenvalue weighted by Crippen LogP contribution is 2.23. The van der Waals surface area contributed by atoms with Gasteiger partial charge in [-0.25, -0.2) is 8.42 Å². The largest absolute Gasteiger partial charge is 0.325 e. The van der Waals surface area contributed by atoms with Crippen LogP contribution >= 0.6 is 0 Å². The number of aryl methyl sites for hydroxylation is 2. The molecule has 1 N–H and O–H groups in total. The summed E-state index contributed by atoms with van der Waals surface area (Å²) in [5.74, 6) is -0.0872. The van der Waals surface area contributed by atoms with Crippen molar-refractivity contribution in [3.8, 4) is 0 Å². The minimum Gasteiger partial charge on any atom is -0.325 e.